The summed E-state index contributed by atoms with van der Waals surface area (Å²) in [5.74, 6) is -0.0643. The van der Waals surface area contributed by atoms with Crippen molar-refractivity contribution in [1.29, 1.82) is 0 Å². The number of methoxy groups -OCH3 is 1. The fourth-order valence-corrected chi connectivity index (χ4v) is 2.77. The van der Waals surface area contributed by atoms with E-state index in [0.29, 0.717) is 13.1 Å². The van der Waals surface area contributed by atoms with Crippen molar-refractivity contribution in [3.8, 4) is 0 Å². The number of hydrogen-bond acceptors (Lipinski definition) is 4. The van der Waals surface area contributed by atoms with E-state index in [1.807, 2.05) is 0 Å². The highest BCUT2D eigenvalue weighted by Gasteiger charge is 2.25. The first-order chi connectivity index (χ1) is 11.0. The molecule has 1 saturated heterocycles. The normalized spacial score (nSPS) is 16.7. The van der Waals surface area contributed by atoms with Crippen molar-refractivity contribution in [1.82, 2.24) is 15.1 Å². The summed E-state index contributed by atoms with van der Waals surface area (Å²) in [5.41, 5.74) is 2.56. The summed E-state index contributed by atoms with van der Waals surface area (Å²) in [4.78, 5) is 27.6. The molecular weight excluding hydrogens is 294 g/mol. The first kappa shape index (κ1) is 17.3. The smallest absolute Gasteiger partial charge is 0.407 e. The van der Waals surface area contributed by atoms with Crippen LogP contribution in [0.1, 0.15) is 18.1 Å². The first-order valence-corrected chi connectivity index (χ1v) is 7.90. The Hall–Kier alpha value is -2.08. The number of rotatable bonds is 4. The number of alkyl carbamates (subject to hydrolysis) is 1. The van der Waals surface area contributed by atoms with E-state index in [1.54, 1.807) is 11.8 Å². The molecule has 0 aromatic heterocycles. The second kappa shape index (κ2) is 7.97. The summed E-state index contributed by atoms with van der Waals surface area (Å²) < 4.78 is 4.52. The third-order valence-corrected chi connectivity index (χ3v) is 4.06. The molecule has 2 rings (SSSR count). The number of ether oxygens (including phenoxy) is 1. The predicted octanol–water partition coefficient (Wildman–Crippen LogP) is 1.38. The lowest BCUT2D eigenvalue weighted by Crippen LogP contribution is -2.53. The minimum Gasteiger partial charge on any atom is -0.453 e. The van der Waals surface area contributed by atoms with Crippen molar-refractivity contribution in [2.75, 3.05) is 33.3 Å². The second-order valence-electron chi connectivity index (χ2n) is 5.95. The van der Waals surface area contributed by atoms with E-state index in [0.717, 1.165) is 19.6 Å². The van der Waals surface area contributed by atoms with E-state index >= 15 is 0 Å². The average molecular weight is 319 g/mol. The number of aryl methyl sites for hydroxylation is 1. The molecule has 1 aromatic rings. The van der Waals surface area contributed by atoms with Gasteiger partial charge in [0.2, 0.25) is 5.91 Å². The molecule has 1 atom stereocenters. The van der Waals surface area contributed by atoms with Crippen LogP contribution in [0.2, 0.25) is 0 Å². The summed E-state index contributed by atoms with van der Waals surface area (Å²) >= 11 is 0. The van der Waals surface area contributed by atoms with Crippen molar-refractivity contribution in [3.05, 3.63) is 35.4 Å². The van der Waals surface area contributed by atoms with Crippen LogP contribution in [0.15, 0.2) is 24.3 Å². The second-order valence-corrected chi connectivity index (χ2v) is 5.95. The maximum Gasteiger partial charge on any atom is 0.407 e. The molecule has 2 amide bonds. The average Bonchev–Trinajstić information content (AvgIpc) is 2.54. The maximum absolute atomic E-state index is 12.3. The molecule has 0 spiro atoms. The molecule has 1 aliphatic heterocycles. The number of piperazine rings is 1. The minimum atomic E-state index is -0.580. The lowest BCUT2D eigenvalue weighted by atomic mass is 10.1. The number of nitrogens with one attached hydrogen (secondary N) is 1. The molecule has 126 valence electrons. The molecule has 0 bridgehead atoms. The summed E-state index contributed by atoms with van der Waals surface area (Å²) in [5, 5.41) is 2.52. The van der Waals surface area contributed by atoms with E-state index in [9.17, 15) is 9.59 Å². The predicted molar refractivity (Wildman–Crippen MR) is 88.0 cm³/mol. The van der Waals surface area contributed by atoms with Gasteiger partial charge in [-0.3, -0.25) is 9.69 Å². The van der Waals surface area contributed by atoms with E-state index in [2.05, 4.69) is 46.1 Å². The van der Waals surface area contributed by atoms with Crippen LogP contribution < -0.4 is 5.32 Å². The Morgan fingerprint density at radius 2 is 1.96 bits per heavy atom. The van der Waals surface area contributed by atoms with Gasteiger partial charge >= 0.3 is 6.09 Å². The fraction of sp³-hybridized carbons (Fsp3) is 0.529. The van der Waals surface area contributed by atoms with E-state index in [1.165, 1.54) is 18.2 Å². The lowest BCUT2D eigenvalue weighted by molar-refractivity contribution is -0.134. The maximum atomic E-state index is 12.3. The molecule has 6 nitrogen and oxygen atoms in total. The number of benzene rings is 1. The molecule has 1 aliphatic rings. The highest BCUT2D eigenvalue weighted by molar-refractivity contribution is 5.85. The molecular formula is C17H25N3O3. The van der Waals surface area contributed by atoms with Crippen molar-refractivity contribution in [3.63, 3.8) is 0 Å². The number of nitrogens with zero attached hydrogens (tertiary/aromatic N) is 2. The van der Waals surface area contributed by atoms with E-state index in [-0.39, 0.29) is 5.91 Å². The van der Waals surface area contributed by atoms with Gasteiger partial charge in [0.15, 0.2) is 0 Å². The van der Waals surface area contributed by atoms with Crippen LogP contribution >= 0.6 is 0 Å². The molecule has 1 unspecified atom stereocenters. The van der Waals surface area contributed by atoms with Crippen molar-refractivity contribution in [2.45, 2.75) is 26.4 Å². The van der Waals surface area contributed by atoms with Gasteiger partial charge in [-0.2, -0.15) is 0 Å². The SMILES string of the molecule is COC(=O)NC(C)C(=O)N1CCN(Cc2cccc(C)c2)CC1. The first-order valence-electron chi connectivity index (χ1n) is 7.90. The molecule has 0 saturated carbocycles. The summed E-state index contributed by atoms with van der Waals surface area (Å²) in [6, 6.07) is 7.93. The zero-order valence-electron chi connectivity index (χ0n) is 14.0. The lowest BCUT2D eigenvalue weighted by Gasteiger charge is -2.36. The largest absolute Gasteiger partial charge is 0.453 e. The molecule has 1 heterocycles. The van der Waals surface area contributed by atoms with Crippen LogP contribution in [-0.4, -0.2) is 61.1 Å². The van der Waals surface area contributed by atoms with Gasteiger partial charge in [0, 0.05) is 32.7 Å². The number of carbonyl (C=O) groups excluding carboxylic acids is 2. The van der Waals surface area contributed by atoms with Gasteiger partial charge in [0.1, 0.15) is 6.04 Å². The molecule has 1 N–H and O–H groups in total. The molecule has 1 fully saturated rings. The highest BCUT2D eigenvalue weighted by atomic mass is 16.5. The van der Waals surface area contributed by atoms with Crippen LogP contribution in [-0.2, 0) is 16.1 Å². The van der Waals surface area contributed by atoms with Gasteiger partial charge in [-0.1, -0.05) is 29.8 Å². The summed E-state index contributed by atoms with van der Waals surface area (Å²) in [7, 11) is 1.29. The Morgan fingerprint density at radius 1 is 1.26 bits per heavy atom. The minimum absolute atomic E-state index is 0.0643. The van der Waals surface area contributed by atoms with Gasteiger partial charge in [-0.15, -0.1) is 0 Å². The highest BCUT2D eigenvalue weighted by Crippen LogP contribution is 2.11. The Labute approximate surface area is 137 Å². The molecule has 6 heteroatoms. The van der Waals surface area contributed by atoms with Crippen LogP contribution in [0.5, 0.6) is 0 Å². The summed E-state index contributed by atoms with van der Waals surface area (Å²) in [6.07, 6.45) is -0.580. The Kier molecular flexibility index (Phi) is 5.98. The Balaban J connectivity index is 1.81. The van der Waals surface area contributed by atoms with E-state index in [4.69, 9.17) is 0 Å². The standard InChI is InChI=1S/C17H25N3O3/c1-13-5-4-6-15(11-13)12-19-7-9-20(10-8-19)16(21)14(2)18-17(22)23-3/h4-6,11,14H,7-10,12H2,1-3H3,(H,18,22). The number of hydrogen-bond donors (Lipinski definition) is 1. The van der Waals surface area contributed by atoms with Crippen LogP contribution in [0.3, 0.4) is 0 Å². The third kappa shape index (κ3) is 4.96. The summed E-state index contributed by atoms with van der Waals surface area (Å²) in [6.45, 7) is 7.71. The van der Waals surface area contributed by atoms with Crippen LogP contribution in [0, 0.1) is 6.92 Å². The van der Waals surface area contributed by atoms with Gasteiger partial charge in [-0.25, -0.2) is 4.79 Å². The van der Waals surface area contributed by atoms with Gasteiger partial charge < -0.3 is 15.0 Å². The van der Waals surface area contributed by atoms with Crippen LogP contribution in [0.25, 0.3) is 0 Å². The molecule has 23 heavy (non-hydrogen) atoms. The fourth-order valence-electron chi connectivity index (χ4n) is 2.77. The monoisotopic (exact) mass is 319 g/mol. The van der Waals surface area contributed by atoms with Gasteiger partial charge in [-0.05, 0) is 19.4 Å². The topological polar surface area (TPSA) is 61.9 Å². The quantitative estimate of drug-likeness (QED) is 0.911. The van der Waals surface area contributed by atoms with Crippen LogP contribution in [0.4, 0.5) is 4.79 Å². The third-order valence-electron chi connectivity index (χ3n) is 4.06. The van der Waals surface area contributed by atoms with Crippen molar-refractivity contribution < 1.29 is 14.3 Å². The van der Waals surface area contributed by atoms with Gasteiger partial charge in [0.25, 0.3) is 0 Å². The van der Waals surface area contributed by atoms with Crippen molar-refractivity contribution >= 4 is 12.0 Å². The van der Waals surface area contributed by atoms with Crippen molar-refractivity contribution in [2.24, 2.45) is 0 Å². The Bertz CT molecular complexity index is 554. The zero-order valence-corrected chi connectivity index (χ0v) is 14.0. The molecule has 0 radical (unpaired) electrons. The Morgan fingerprint density at radius 3 is 2.57 bits per heavy atom. The van der Waals surface area contributed by atoms with E-state index < -0.39 is 12.1 Å². The molecule has 1 aromatic carbocycles. The zero-order chi connectivity index (χ0) is 16.8. The van der Waals surface area contributed by atoms with Gasteiger partial charge in [0.05, 0.1) is 7.11 Å². The number of amides is 2. The molecule has 0 aliphatic carbocycles. The number of carbonyl (C=O) groups is 2.